The van der Waals surface area contributed by atoms with Crippen molar-refractivity contribution in [1.29, 1.82) is 0 Å². The molecule has 0 spiro atoms. The zero-order valence-corrected chi connectivity index (χ0v) is 12.9. The van der Waals surface area contributed by atoms with Gasteiger partial charge in [0.15, 0.2) is 0 Å². The average molecular weight is 266 g/mol. The van der Waals surface area contributed by atoms with E-state index >= 15 is 0 Å². The van der Waals surface area contributed by atoms with Crippen LogP contribution in [0.25, 0.3) is 0 Å². The minimum Gasteiger partial charge on any atom is -0.314 e. The molecule has 102 valence electrons. The lowest BCUT2D eigenvalue weighted by Gasteiger charge is -2.42. The van der Waals surface area contributed by atoms with Gasteiger partial charge in [0.05, 0.1) is 0 Å². The molecule has 0 radical (unpaired) electrons. The van der Waals surface area contributed by atoms with Crippen LogP contribution in [0.4, 0.5) is 0 Å². The summed E-state index contributed by atoms with van der Waals surface area (Å²) in [5.74, 6) is 0.719. The minimum absolute atomic E-state index is 0.263. The van der Waals surface area contributed by atoms with Crippen molar-refractivity contribution in [2.24, 2.45) is 5.92 Å². The lowest BCUT2D eigenvalue weighted by Crippen LogP contribution is -2.56. The molecule has 1 atom stereocenters. The Morgan fingerprint density at radius 1 is 1.50 bits per heavy atom. The molecule has 18 heavy (non-hydrogen) atoms. The summed E-state index contributed by atoms with van der Waals surface area (Å²) < 4.78 is 0. The predicted molar refractivity (Wildman–Crippen MR) is 80.4 cm³/mol. The first kappa shape index (κ1) is 14.0. The molecule has 2 heterocycles. The molecular weight excluding hydrogens is 240 g/mol. The number of nitrogens with one attached hydrogen (secondary N) is 1. The molecule has 0 saturated carbocycles. The highest BCUT2D eigenvalue weighted by Crippen LogP contribution is 2.30. The van der Waals surface area contributed by atoms with E-state index in [1.54, 1.807) is 0 Å². The van der Waals surface area contributed by atoms with Gasteiger partial charge in [0.25, 0.3) is 0 Å². The van der Waals surface area contributed by atoms with Crippen molar-refractivity contribution >= 4 is 11.3 Å². The van der Waals surface area contributed by atoms with Crippen LogP contribution in [0, 0.1) is 5.92 Å². The molecule has 1 aliphatic rings. The Balaban J connectivity index is 2.07. The normalized spacial score (nSPS) is 22.6. The maximum Gasteiger partial charge on any atom is 0.0244 e. The van der Waals surface area contributed by atoms with Crippen LogP contribution in [-0.2, 0) is 5.41 Å². The van der Waals surface area contributed by atoms with Crippen LogP contribution in [0.3, 0.4) is 0 Å². The fourth-order valence-corrected chi connectivity index (χ4v) is 3.71. The molecule has 1 aromatic rings. The lowest BCUT2D eigenvalue weighted by atomic mass is 9.88. The molecule has 0 amide bonds. The Kier molecular flexibility index (Phi) is 4.46. The fourth-order valence-electron chi connectivity index (χ4n) is 2.87. The van der Waals surface area contributed by atoms with Gasteiger partial charge in [0, 0.05) is 42.5 Å². The summed E-state index contributed by atoms with van der Waals surface area (Å²) in [5, 5.41) is 5.72. The van der Waals surface area contributed by atoms with Gasteiger partial charge in [-0.15, -0.1) is 11.3 Å². The summed E-state index contributed by atoms with van der Waals surface area (Å²) in [7, 11) is 0. The van der Waals surface area contributed by atoms with Gasteiger partial charge in [-0.05, 0) is 17.4 Å². The Bertz CT molecular complexity index is 357. The standard InChI is InChI=1S/C15H26N2S/c1-12(2)13-10-16-7-8-17(13)11-15(3,4)14-6-5-9-18-14/h5-6,9,12-13,16H,7-8,10-11H2,1-4H3. The first-order valence-corrected chi connectivity index (χ1v) is 7.87. The zero-order valence-electron chi connectivity index (χ0n) is 12.1. The highest BCUT2D eigenvalue weighted by atomic mass is 32.1. The molecular formula is C15H26N2S. The number of thiophene rings is 1. The molecule has 0 aromatic carbocycles. The van der Waals surface area contributed by atoms with E-state index in [1.165, 1.54) is 11.4 Å². The third kappa shape index (κ3) is 3.14. The molecule has 0 bridgehead atoms. The molecule has 1 unspecified atom stereocenters. The number of hydrogen-bond acceptors (Lipinski definition) is 3. The summed E-state index contributed by atoms with van der Waals surface area (Å²) >= 11 is 1.89. The van der Waals surface area contributed by atoms with Gasteiger partial charge in [0.2, 0.25) is 0 Å². The zero-order chi connectivity index (χ0) is 13.2. The molecule has 1 N–H and O–H groups in total. The van der Waals surface area contributed by atoms with Crippen LogP contribution in [0.2, 0.25) is 0 Å². The van der Waals surface area contributed by atoms with Crippen molar-refractivity contribution in [2.75, 3.05) is 26.2 Å². The van der Waals surface area contributed by atoms with Gasteiger partial charge in [0.1, 0.15) is 0 Å². The Morgan fingerprint density at radius 2 is 2.28 bits per heavy atom. The highest BCUT2D eigenvalue weighted by Gasteiger charge is 2.31. The van der Waals surface area contributed by atoms with E-state index in [-0.39, 0.29) is 5.41 Å². The van der Waals surface area contributed by atoms with E-state index in [1.807, 2.05) is 11.3 Å². The van der Waals surface area contributed by atoms with Crippen LogP contribution in [-0.4, -0.2) is 37.1 Å². The molecule has 1 fully saturated rings. The second-order valence-corrected chi connectivity index (χ2v) is 7.29. The molecule has 3 heteroatoms. The summed E-state index contributed by atoms with van der Waals surface area (Å²) in [6.07, 6.45) is 0. The van der Waals surface area contributed by atoms with E-state index in [0.29, 0.717) is 6.04 Å². The van der Waals surface area contributed by atoms with E-state index < -0.39 is 0 Å². The maximum atomic E-state index is 3.53. The van der Waals surface area contributed by atoms with E-state index in [2.05, 4.69) is 55.4 Å². The summed E-state index contributed by atoms with van der Waals surface area (Å²) in [5.41, 5.74) is 0.263. The van der Waals surface area contributed by atoms with Gasteiger partial charge >= 0.3 is 0 Å². The topological polar surface area (TPSA) is 15.3 Å². The van der Waals surface area contributed by atoms with Crippen molar-refractivity contribution in [1.82, 2.24) is 10.2 Å². The van der Waals surface area contributed by atoms with Gasteiger partial charge in [-0.2, -0.15) is 0 Å². The third-order valence-electron chi connectivity index (χ3n) is 3.95. The predicted octanol–water partition coefficient (Wildman–Crippen LogP) is 2.96. The molecule has 1 aromatic heterocycles. The van der Waals surface area contributed by atoms with E-state index in [0.717, 1.165) is 25.6 Å². The monoisotopic (exact) mass is 266 g/mol. The number of nitrogens with zero attached hydrogens (tertiary/aromatic N) is 1. The van der Waals surface area contributed by atoms with Crippen LogP contribution in [0.1, 0.15) is 32.6 Å². The Hall–Kier alpha value is -0.380. The molecule has 1 saturated heterocycles. The van der Waals surface area contributed by atoms with Crippen LogP contribution in [0.5, 0.6) is 0 Å². The highest BCUT2D eigenvalue weighted by molar-refractivity contribution is 7.10. The van der Waals surface area contributed by atoms with Crippen LogP contribution in [0.15, 0.2) is 17.5 Å². The number of hydrogen-bond donors (Lipinski definition) is 1. The van der Waals surface area contributed by atoms with Crippen LogP contribution < -0.4 is 5.32 Å². The molecule has 1 aliphatic heterocycles. The summed E-state index contributed by atoms with van der Waals surface area (Å²) in [6, 6.07) is 5.12. The van der Waals surface area contributed by atoms with E-state index in [9.17, 15) is 0 Å². The van der Waals surface area contributed by atoms with Crippen molar-refractivity contribution in [3.63, 3.8) is 0 Å². The smallest absolute Gasteiger partial charge is 0.0244 e. The fraction of sp³-hybridized carbons (Fsp3) is 0.733. The maximum absolute atomic E-state index is 3.53. The molecule has 2 rings (SSSR count). The second kappa shape index (κ2) is 5.72. The Morgan fingerprint density at radius 3 is 2.89 bits per heavy atom. The minimum atomic E-state index is 0.263. The van der Waals surface area contributed by atoms with Gasteiger partial charge in [-0.3, -0.25) is 4.90 Å². The summed E-state index contributed by atoms with van der Waals surface area (Å²) in [6.45, 7) is 14.0. The average Bonchev–Trinajstić information content (AvgIpc) is 2.83. The van der Waals surface area contributed by atoms with Crippen LogP contribution >= 0.6 is 11.3 Å². The third-order valence-corrected chi connectivity index (χ3v) is 5.19. The first-order chi connectivity index (χ1) is 8.50. The van der Waals surface area contributed by atoms with Gasteiger partial charge in [-0.25, -0.2) is 0 Å². The van der Waals surface area contributed by atoms with Crippen molar-refractivity contribution < 1.29 is 0 Å². The van der Waals surface area contributed by atoms with Gasteiger partial charge in [-0.1, -0.05) is 33.8 Å². The molecule has 2 nitrogen and oxygen atoms in total. The van der Waals surface area contributed by atoms with Gasteiger partial charge < -0.3 is 5.32 Å². The van der Waals surface area contributed by atoms with Crippen molar-refractivity contribution in [3.8, 4) is 0 Å². The SMILES string of the molecule is CC(C)C1CNCCN1CC(C)(C)c1cccs1. The Labute approximate surface area is 115 Å². The quantitative estimate of drug-likeness (QED) is 0.901. The largest absolute Gasteiger partial charge is 0.314 e. The lowest BCUT2D eigenvalue weighted by molar-refractivity contribution is 0.102. The molecule has 0 aliphatic carbocycles. The number of rotatable bonds is 4. The number of piperazine rings is 1. The first-order valence-electron chi connectivity index (χ1n) is 6.99. The second-order valence-electron chi connectivity index (χ2n) is 6.35. The van der Waals surface area contributed by atoms with Crippen molar-refractivity contribution in [3.05, 3.63) is 22.4 Å². The van der Waals surface area contributed by atoms with Crippen molar-refractivity contribution in [2.45, 2.75) is 39.2 Å². The van der Waals surface area contributed by atoms with E-state index in [4.69, 9.17) is 0 Å². The summed E-state index contributed by atoms with van der Waals surface area (Å²) in [4.78, 5) is 4.18.